The van der Waals surface area contributed by atoms with E-state index in [0.29, 0.717) is 32.0 Å². The van der Waals surface area contributed by atoms with Crippen molar-refractivity contribution < 1.29 is 18.4 Å². The van der Waals surface area contributed by atoms with Crippen molar-refractivity contribution >= 4 is 11.6 Å². The van der Waals surface area contributed by atoms with Crippen LogP contribution in [0.2, 0.25) is 0 Å². The minimum absolute atomic E-state index is 0.0108. The Labute approximate surface area is 227 Å². The fourth-order valence-corrected chi connectivity index (χ4v) is 6.24. The molecule has 0 spiro atoms. The molecule has 0 radical (unpaired) electrons. The number of Topliss-reactive ketones (excluding diaryl/α,β-unsaturated/α-hetero) is 2. The van der Waals surface area contributed by atoms with Gasteiger partial charge in [0.2, 0.25) is 0 Å². The van der Waals surface area contributed by atoms with Gasteiger partial charge in [-0.05, 0) is 37.1 Å². The summed E-state index contributed by atoms with van der Waals surface area (Å²) in [7, 11) is 0. The molecule has 206 valence electrons. The Morgan fingerprint density at radius 2 is 1.82 bits per heavy atom. The molecule has 2 aromatic heterocycles. The Bertz CT molecular complexity index is 1330. The Morgan fingerprint density at radius 1 is 1.05 bits per heavy atom. The van der Waals surface area contributed by atoms with Gasteiger partial charge in [0.15, 0.2) is 11.6 Å². The first-order valence-electron chi connectivity index (χ1n) is 13.7. The maximum absolute atomic E-state index is 14.2. The fourth-order valence-electron chi connectivity index (χ4n) is 6.24. The van der Waals surface area contributed by atoms with Gasteiger partial charge in [-0.3, -0.25) is 19.5 Å². The second-order valence-corrected chi connectivity index (χ2v) is 11.9. The number of benzene rings is 1. The van der Waals surface area contributed by atoms with Gasteiger partial charge >= 0.3 is 0 Å². The van der Waals surface area contributed by atoms with Crippen LogP contribution >= 0.6 is 0 Å². The third-order valence-electron chi connectivity index (χ3n) is 8.21. The monoisotopic (exact) mass is 535 g/mol. The summed E-state index contributed by atoms with van der Waals surface area (Å²) in [6.07, 6.45) is 9.92. The molecule has 39 heavy (non-hydrogen) atoms. The highest BCUT2D eigenvalue weighted by Crippen LogP contribution is 2.43. The third-order valence-corrected chi connectivity index (χ3v) is 8.21. The number of carbonyl (C=O) groups excluding carboxylic acids is 2. The van der Waals surface area contributed by atoms with Crippen LogP contribution in [0.25, 0.3) is 5.69 Å². The van der Waals surface area contributed by atoms with E-state index >= 15 is 0 Å². The quantitative estimate of drug-likeness (QED) is 0.320. The Morgan fingerprint density at radius 3 is 2.51 bits per heavy atom. The lowest BCUT2D eigenvalue weighted by Gasteiger charge is -2.54. The van der Waals surface area contributed by atoms with Crippen LogP contribution in [0, 0.1) is 17.0 Å². The van der Waals surface area contributed by atoms with Crippen LogP contribution in [0.5, 0.6) is 0 Å². The number of hydrogen-bond donors (Lipinski definition) is 0. The summed E-state index contributed by atoms with van der Waals surface area (Å²) in [6, 6.07) is 9.37. The van der Waals surface area contributed by atoms with Crippen molar-refractivity contribution in [3.63, 3.8) is 0 Å². The minimum Gasteiger partial charge on any atom is -0.300 e. The molecule has 3 aromatic rings. The summed E-state index contributed by atoms with van der Waals surface area (Å²) >= 11 is 0. The van der Waals surface area contributed by atoms with Crippen molar-refractivity contribution in [3.05, 3.63) is 71.8 Å². The van der Waals surface area contributed by atoms with Crippen LogP contribution in [0.15, 0.2) is 48.8 Å². The molecule has 0 unspecified atom stereocenters. The lowest BCUT2D eigenvalue weighted by Crippen LogP contribution is -2.61. The maximum atomic E-state index is 14.2. The van der Waals surface area contributed by atoms with Crippen LogP contribution < -0.4 is 0 Å². The van der Waals surface area contributed by atoms with E-state index in [1.807, 2.05) is 32.0 Å². The standard InChI is InChI=1S/C30H35F2N5O2/c1-29(2,28-10-6-7-13-33-28)15-23(38)16-30(19-36(20-30)22-8-4-3-5-9-22)17-27(39)25-18-37(35-34-25)26-12-11-21(31)14-24(26)32/h6-7,10-14,18,22H,3-5,8-9,15-17,19-20H2,1-2H3. The molecule has 0 bridgehead atoms. The summed E-state index contributed by atoms with van der Waals surface area (Å²) in [5.41, 5.74) is 0.0902. The predicted molar refractivity (Wildman–Crippen MR) is 143 cm³/mol. The smallest absolute Gasteiger partial charge is 0.185 e. The molecule has 0 N–H and O–H groups in total. The van der Waals surface area contributed by atoms with Gasteiger partial charge in [0.25, 0.3) is 0 Å². The van der Waals surface area contributed by atoms with Crippen LogP contribution in [-0.2, 0) is 10.2 Å². The molecular weight excluding hydrogens is 500 g/mol. The normalized spacial score (nSPS) is 18.1. The second-order valence-electron chi connectivity index (χ2n) is 11.9. The molecule has 1 aliphatic carbocycles. The number of aromatic nitrogens is 4. The SMILES string of the molecule is CC(C)(CC(=O)CC1(CC(=O)c2cn(-c3ccc(F)cc3F)nn2)CN(C2CCCCC2)C1)c1ccccn1. The van der Waals surface area contributed by atoms with Crippen LogP contribution in [0.1, 0.15) is 81.4 Å². The molecule has 0 amide bonds. The fraction of sp³-hybridized carbons (Fsp3) is 0.500. The highest BCUT2D eigenvalue weighted by atomic mass is 19.1. The number of hydrogen-bond acceptors (Lipinski definition) is 6. The van der Waals surface area contributed by atoms with E-state index in [-0.39, 0.29) is 29.4 Å². The number of nitrogens with zero attached hydrogens (tertiary/aromatic N) is 5. The zero-order valence-corrected chi connectivity index (χ0v) is 22.6. The largest absolute Gasteiger partial charge is 0.300 e. The van der Waals surface area contributed by atoms with E-state index in [1.54, 1.807) is 6.20 Å². The minimum atomic E-state index is -0.793. The molecule has 2 fully saturated rings. The lowest BCUT2D eigenvalue weighted by atomic mass is 9.68. The first kappa shape index (κ1) is 27.2. The summed E-state index contributed by atoms with van der Waals surface area (Å²) in [4.78, 5) is 33.7. The Hall–Kier alpha value is -3.33. The summed E-state index contributed by atoms with van der Waals surface area (Å²) < 4.78 is 28.7. The molecule has 7 nitrogen and oxygen atoms in total. The number of ketones is 2. The molecule has 1 saturated carbocycles. The van der Waals surface area contributed by atoms with Crippen molar-refractivity contribution in [2.24, 2.45) is 5.41 Å². The molecule has 9 heteroatoms. The molecule has 0 atom stereocenters. The van der Waals surface area contributed by atoms with E-state index in [2.05, 4.69) is 20.2 Å². The highest BCUT2D eigenvalue weighted by Gasteiger charge is 2.48. The zero-order chi connectivity index (χ0) is 27.6. The zero-order valence-electron chi connectivity index (χ0n) is 22.6. The number of carbonyl (C=O) groups is 2. The molecule has 1 aromatic carbocycles. The molecular formula is C30H35F2N5O2. The van der Waals surface area contributed by atoms with E-state index in [1.165, 1.54) is 31.5 Å². The van der Waals surface area contributed by atoms with Crippen molar-refractivity contribution in [2.45, 2.75) is 76.7 Å². The first-order chi connectivity index (χ1) is 18.6. The summed E-state index contributed by atoms with van der Waals surface area (Å²) in [6.45, 7) is 5.43. The average molecular weight is 536 g/mol. The number of likely N-dealkylation sites (tertiary alicyclic amines) is 1. The van der Waals surface area contributed by atoms with Crippen LogP contribution in [-0.4, -0.2) is 55.6 Å². The van der Waals surface area contributed by atoms with Crippen LogP contribution in [0.4, 0.5) is 8.78 Å². The molecule has 5 rings (SSSR count). The lowest BCUT2D eigenvalue weighted by molar-refractivity contribution is -0.127. The van der Waals surface area contributed by atoms with Gasteiger partial charge in [-0.25, -0.2) is 13.5 Å². The van der Waals surface area contributed by atoms with Gasteiger partial charge in [0.05, 0.1) is 6.20 Å². The second kappa shape index (κ2) is 11.0. The highest BCUT2D eigenvalue weighted by molar-refractivity contribution is 5.95. The third kappa shape index (κ3) is 6.13. The van der Waals surface area contributed by atoms with E-state index in [0.717, 1.165) is 35.4 Å². The first-order valence-corrected chi connectivity index (χ1v) is 13.7. The van der Waals surface area contributed by atoms with E-state index < -0.39 is 22.5 Å². The van der Waals surface area contributed by atoms with E-state index in [9.17, 15) is 18.4 Å². The van der Waals surface area contributed by atoms with Crippen molar-refractivity contribution in [1.82, 2.24) is 24.9 Å². The molecule has 2 aliphatic rings. The summed E-state index contributed by atoms with van der Waals surface area (Å²) in [5.74, 6) is -1.61. The Kier molecular flexibility index (Phi) is 7.71. The van der Waals surface area contributed by atoms with Gasteiger partial charge in [-0.1, -0.05) is 44.4 Å². The van der Waals surface area contributed by atoms with Gasteiger partial charge in [-0.15, -0.1) is 5.10 Å². The molecule has 1 saturated heterocycles. The molecule has 3 heterocycles. The van der Waals surface area contributed by atoms with Gasteiger partial charge in [0, 0.05) is 67.2 Å². The van der Waals surface area contributed by atoms with Crippen molar-refractivity contribution in [3.8, 4) is 5.69 Å². The summed E-state index contributed by atoms with van der Waals surface area (Å²) in [5, 5.41) is 7.88. The van der Waals surface area contributed by atoms with E-state index in [4.69, 9.17) is 0 Å². The number of rotatable bonds is 10. The van der Waals surface area contributed by atoms with Gasteiger partial charge < -0.3 is 0 Å². The van der Waals surface area contributed by atoms with Gasteiger partial charge in [-0.2, -0.15) is 0 Å². The predicted octanol–water partition coefficient (Wildman–Crippen LogP) is 5.48. The topological polar surface area (TPSA) is 81.0 Å². The average Bonchev–Trinajstić information content (AvgIpc) is 3.38. The molecule has 1 aliphatic heterocycles. The van der Waals surface area contributed by atoms with Gasteiger partial charge in [0.1, 0.15) is 23.0 Å². The number of pyridine rings is 1. The number of halogens is 2. The maximum Gasteiger partial charge on any atom is 0.185 e. The Balaban J connectivity index is 1.31. The van der Waals surface area contributed by atoms with Crippen molar-refractivity contribution in [1.29, 1.82) is 0 Å². The van der Waals surface area contributed by atoms with Crippen LogP contribution in [0.3, 0.4) is 0 Å². The van der Waals surface area contributed by atoms with Crippen molar-refractivity contribution in [2.75, 3.05) is 13.1 Å².